The highest BCUT2D eigenvalue weighted by Crippen LogP contribution is 1.99. The van der Waals surface area contributed by atoms with E-state index in [0.29, 0.717) is 19.2 Å². The van der Waals surface area contributed by atoms with Crippen molar-refractivity contribution in [1.82, 2.24) is 5.32 Å². The summed E-state index contributed by atoms with van der Waals surface area (Å²) in [5, 5.41) is 3.31. The molecule has 0 aromatic carbocycles. The largest absolute Gasteiger partial charge is 0.463 e. The van der Waals surface area contributed by atoms with Gasteiger partial charge < -0.3 is 10.1 Å². The fraction of sp³-hybridized carbons (Fsp3) is 0.727. The van der Waals surface area contributed by atoms with Gasteiger partial charge >= 0.3 is 5.97 Å². The fourth-order valence-corrected chi connectivity index (χ4v) is 1.60. The Bertz CT molecular complexity index is 195. The first-order chi connectivity index (χ1) is 7.20. The van der Waals surface area contributed by atoms with Crippen LogP contribution in [0, 0.1) is 0 Å². The fourth-order valence-electron chi connectivity index (χ4n) is 1.01. The van der Waals surface area contributed by atoms with Gasteiger partial charge in [0, 0.05) is 18.7 Å². The van der Waals surface area contributed by atoms with Gasteiger partial charge in [-0.2, -0.15) is 11.8 Å². The number of rotatable bonds is 8. The van der Waals surface area contributed by atoms with Crippen LogP contribution in [0.5, 0.6) is 0 Å². The molecular formula is C11H21NO2S. The summed E-state index contributed by atoms with van der Waals surface area (Å²) in [7, 11) is 0. The van der Waals surface area contributed by atoms with E-state index >= 15 is 0 Å². The first-order valence-electron chi connectivity index (χ1n) is 5.26. The van der Waals surface area contributed by atoms with Crippen molar-refractivity contribution in [2.45, 2.75) is 26.3 Å². The van der Waals surface area contributed by atoms with Crippen LogP contribution >= 0.6 is 11.8 Å². The van der Waals surface area contributed by atoms with E-state index in [4.69, 9.17) is 4.74 Å². The SMILES string of the molecule is CCOC(=O)/C=C/CNC(C)CCSC. The average Bonchev–Trinajstić information content (AvgIpc) is 2.22. The third-order valence-corrected chi connectivity index (χ3v) is 2.52. The van der Waals surface area contributed by atoms with Gasteiger partial charge in [0.05, 0.1) is 6.61 Å². The van der Waals surface area contributed by atoms with Crippen LogP contribution in [0.4, 0.5) is 0 Å². The van der Waals surface area contributed by atoms with Gasteiger partial charge in [-0.25, -0.2) is 4.79 Å². The van der Waals surface area contributed by atoms with Gasteiger partial charge in [0.25, 0.3) is 0 Å². The van der Waals surface area contributed by atoms with Crippen molar-refractivity contribution in [3.8, 4) is 0 Å². The summed E-state index contributed by atoms with van der Waals surface area (Å²) in [6.07, 6.45) is 6.52. The molecule has 3 nitrogen and oxygen atoms in total. The van der Waals surface area contributed by atoms with Gasteiger partial charge in [-0.3, -0.25) is 0 Å². The number of ether oxygens (including phenoxy) is 1. The normalized spacial score (nSPS) is 13.0. The first-order valence-corrected chi connectivity index (χ1v) is 6.65. The second kappa shape index (κ2) is 10.1. The summed E-state index contributed by atoms with van der Waals surface area (Å²) >= 11 is 1.85. The van der Waals surface area contributed by atoms with Crippen LogP contribution in [0.1, 0.15) is 20.3 Å². The van der Waals surface area contributed by atoms with Crippen molar-refractivity contribution in [1.29, 1.82) is 0 Å². The molecule has 88 valence electrons. The molecule has 0 aliphatic heterocycles. The smallest absolute Gasteiger partial charge is 0.330 e. The van der Waals surface area contributed by atoms with Gasteiger partial charge in [0.2, 0.25) is 0 Å². The zero-order valence-electron chi connectivity index (χ0n) is 9.79. The van der Waals surface area contributed by atoms with Crippen LogP contribution in [0.15, 0.2) is 12.2 Å². The van der Waals surface area contributed by atoms with E-state index < -0.39 is 0 Å². The van der Waals surface area contributed by atoms with Gasteiger partial charge in [-0.1, -0.05) is 6.08 Å². The number of carbonyl (C=O) groups is 1. The van der Waals surface area contributed by atoms with Gasteiger partial charge in [-0.05, 0) is 32.3 Å². The molecule has 1 N–H and O–H groups in total. The Balaban J connectivity index is 3.47. The summed E-state index contributed by atoms with van der Waals surface area (Å²) in [5.41, 5.74) is 0. The Labute approximate surface area is 96.6 Å². The predicted molar refractivity (Wildman–Crippen MR) is 66.2 cm³/mol. The predicted octanol–water partition coefficient (Wildman–Crippen LogP) is 1.84. The molecule has 0 radical (unpaired) electrons. The minimum atomic E-state index is -0.268. The molecule has 0 aromatic rings. The lowest BCUT2D eigenvalue weighted by molar-refractivity contribution is -0.137. The minimum absolute atomic E-state index is 0.268. The standard InChI is InChI=1S/C11H21NO2S/c1-4-14-11(13)6-5-8-12-10(2)7-9-15-3/h5-6,10,12H,4,7-9H2,1-3H3/b6-5+. The van der Waals surface area contributed by atoms with Crippen molar-refractivity contribution < 1.29 is 9.53 Å². The van der Waals surface area contributed by atoms with Crippen molar-refractivity contribution in [2.24, 2.45) is 0 Å². The molecule has 0 saturated heterocycles. The molecule has 15 heavy (non-hydrogen) atoms. The lowest BCUT2D eigenvalue weighted by atomic mass is 10.2. The molecule has 0 rings (SSSR count). The van der Waals surface area contributed by atoms with Gasteiger partial charge in [0.1, 0.15) is 0 Å². The van der Waals surface area contributed by atoms with Crippen LogP contribution in [0.3, 0.4) is 0 Å². The van der Waals surface area contributed by atoms with Gasteiger partial charge in [0.15, 0.2) is 0 Å². The summed E-state index contributed by atoms with van der Waals surface area (Å²) in [5.74, 6) is 0.895. The average molecular weight is 231 g/mol. The minimum Gasteiger partial charge on any atom is -0.463 e. The molecule has 0 bridgehead atoms. The lowest BCUT2D eigenvalue weighted by Gasteiger charge is -2.10. The highest BCUT2D eigenvalue weighted by atomic mass is 32.2. The third-order valence-electron chi connectivity index (χ3n) is 1.88. The van der Waals surface area contributed by atoms with Crippen molar-refractivity contribution in [2.75, 3.05) is 25.2 Å². The molecule has 0 heterocycles. The molecule has 0 aromatic heterocycles. The number of hydrogen-bond donors (Lipinski definition) is 1. The number of thioether (sulfide) groups is 1. The highest BCUT2D eigenvalue weighted by Gasteiger charge is 1.98. The van der Waals surface area contributed by atoms with Crippen molar-refractivity contribution >= 4 is 17.7 Å². The Morgan fingerprint density at radius 3 is 2.93 bits per heavy atom. The van der Waals surface area contributed by atoms with Crippen LogP contribution in [0.2, 0.25) is 0 Å². The zero-order valence-corrected chi connectivity index (χ0v) is 10.6. The number of carbonyl (C=O) groups excluding carboxylic acids is 1. The van der Waals surface area contributed by atoms with Crippen LogP contribution in [-0.2, 0) is 9.53 Å². The Morgan fingerprint density at radius 2 is 2.33 bits per heavy atom. The van der Waals surface area contributed by atoms with E-state index in [1.807, 2.05) is 11.8 Å². The van der Waals surface area contributed by atoms with E-state index in [0.717, 1.165) is 12.2 Å². The quantitative estimate of drug-likeness (QED) is 0.511. The van der Waals surface area contributed by atoms with E-state index in [-0.39, 0.29) is 5.97 Å². The summed E-state index contributed by atoms with van der Waals surface area (Å²) in [6, 6.07) is 0.490. The maximum Gasteiger partial charge on any atom is 0.330 e. The summed E-state index contributed by atoms with van der Waals surface area (Å²) in [6.45, 7) is 5.10. The van der Waals surface area contributed by atoms with E-state index in [1.54, 1.807) is 13.0 Å². The highest BCUT2D eigenvalue weighted by molar-refractivity contribution is 7.98. The molecule has 1 unspecified atom stereocenters. The molecule has 0 spiro atoms. The molecule has 0 saturated carbocycles. The molecule has 0 aliphatic rings. The maximum absolute atomic E-state index is 10.9. The Hall–Kier alpha value is -0.480. The van der Waals surface area contributed by atoms with E-state index in [1.165, 1.54) is 6.08 Å². The van der Waals surface area contributed by atoms with Crippen molar-refractivity contribution in [3.05, 3.63) is 12.2 Å². The molecule has 1 atom stereocenters. The second-order valence-corrected chi connectivity index (χ2v) is 4.23. The van der Waals surface area contributed by atoms with Crippen LogP contribution < -0.4 is 5.32 Å². The Morgan fingerprint density at radius 1 is 1.60 bits per heavy atom. The lowest BCUT2D eigenvalue weighted by Crippen LogP contribution is -2.26. The number of hydrogen-bond acceptors (Lipinski definition) is 4. The molecule has 0 fully saturated rings. The Kier molecular flexibility index (Phi) is 9.73. The monoisotopic (exact) mass is 231 g/mol. The molecule has 0 aliphatic carbocycles. The van der Waals surface area contributed by atoms with E-state index in [9.17, 15) is 4.79 Å². The van der Waals surface area contributed by atoms with Crippen LogP contribution in [-0.4, -0.2) is 37.2 Å². The third kappa shape index (κ3) is 9.82. The summed E-state index contributed by atoms with van der Waals surface area (Å²) in [4.78, 5) is 10.9. The summed E-state index contributed by atoms with van der Waals surface area (Å²) < 4.78 is 4.76. The van der Waals surface area contributed by atoms with Crippen molar-refractivity contribution in [3.63, 3.8) is 0 Å². The number of nitrogens with one attached hydrogen (secondary N) is 1. The first kappa shape index (κ1) is 14.5. The molecule has 0 amide bonds. The van der Waals surface area contributed by atoms with E-state index in [2.05, 4.69) is 18.5 Å². The topological polar surface area (TPSA) is 38.3 Å². The second-order valence-electron chi connectivity index (χ2n) is 3.25. The molecule has 4 heteroatoms. The van der Waals surface area contributed by atoms with Gasteiger partial charge in [-0.15, -0.1) is 0 Å². The number of esters is 1. The molecular weight excluding hydrogens is 210 g/mol. The maximum atomic E-state index is 10.9. The zero-order chi connectivity index (χ0) is 11.5. The van der Waals surface area contributed by atoms with Crippen LogP contribution in [0.25, 0.3) is 0 Å².